The van der Waals surface area contributed by atoms with Gasteiger partial charge < -0.3 is 5.32 Å². The van der Waals surface area contributed by atoms with E-state index in [9.17, 15) is 8.78 Å². The van der Waals surface area contributed by atoms with Crippen molar-refractivity contribution < 1.29 is 8.78 Å². The zero-order valence-electron chi connectivity index (χ0n) is 8.47. The molecule has 1 saturated heterocycles. The Balaban J connectivity index is 0.00000112. The molecule has 0 aromatic heterocycles. The quantitative estimate of drug-likeness (QED) is 0.786. The summed E-state index contributed by atoms with van der Waals surface area (Å²) in [5.41, 5.74) is 1.71. The number of halogens is 3. The van der Waals surface area contributed by atoms with Crippen LogP contribution in [0.3, 0.4) is 0 Å². The molecule has 1 unspecified atom stereocenters. The molecule has 15 heavy (non-hydrogen) atoms. The van der Waals surface area contributed by atoms with Gasteiger partial charge in [0.15, 0.2) is 0 Å². The number of nitrogens with one attached hydrogen (secondary N) is 1. The molecule has 1 fully saturated rings. The van der Waals surface area contributed by atoms with Gasteiger partial charge in [0.1, 0.15) is 0 Å². The Bertz CT molecular complexity index is 341. The van der Waals surface area contributed by atoms with Gasteiger partial charge in [-0.3, -0.25) is 0 Å². The van der Waals surface area contributed by atoms with Crippen LogP contribution < -0.4 is 5.32 Å². The second-order valence-electron chi connectivity index (χ2n) is 3.81. The number of aryl methyl sites for hydroxylation is 1. The van der Waals surface area contributed by atoms with Crippen molar-refractivity contribution in [3.05, 3.63) is 35.4 Å². The average Bonchev–Trinajstić information content (AvgIpc) is 2.45. The van der Waals surface area contributed by atoms with Crippen LogP contribution in [0.25, 0.3) is 0 Å². The molecule has 1 N–H and O–H groups in total. The van der Waals surface area contributed by atoms with Crippen LogP contribution in [0.5, 0.6) is 0 Å². The highest BCUT2D eigenvalue weighted by Crippen LogP contribution is 2.38. The van der Waals surface area contributed by atoms with Gasteiger partial charge in [-0.05, 0) is 12.5 Å². The lowest BCUT2D eigenvalue weighted by Crippen LogP contribution is -2.26. The largest absolute Gasteiger partial charge is 0.305 e. The summed E-state index contributed by atoms with van der Waals surface area (Å²) < 4.78 is 26.7. The Labute approximate surface area is 94.3 Å². The normalized spacial score (nSPS) is 23.5. The summed E-state index contributed by atoms with van der Waals surface area (Å²) in [5.74, 6) is -2.60. The van der Waals surface area contributed by atoms with Gasteiger partial charge in [-0.25, -0.2) is 8.78 Å². The van der Waals surface area contributed by atoms with Crippen LogP contribution in [0.1, 0.15) is 23.6 Å². The van der Waals surface area contributed by atoms with Gasteiger partial charge in [0.25, 0.3) is 5.92 Å². The summed E-state index contributed by atoms with van der Waals surface area (Å²) in [6.07, 6.45) is -0.0639. The van der Waals surface area contributed by atoms with Crippen LogP contribution in [0, 0.1) is 6.92 Å². The van der Waals surface area contributed by atoms with E-state index in [1.807, 2.05) is 25.1 Å². The van der Waals surface area contributed by atoms with E-state index < -0.39 is 12.0 Å². The van der Waals surface area contributed by atoms with Crippen LogP contribution in [-0.2, 0) is 0 Å². The standard InChI is InChI=1S/C11H13F2N.ClH/c1-8-3-2-4-9(7-8)10-11(12,13)5-6-14-10;/h2-4,7,10,14H,5-6H2,1H3;1H. The lowest BCUT2D eigenvalue weighted by Gasteiger charge is -2.19. The van der Waals surface area contributed by atoms with E-state index >= 15 is 0 Å². The molecule has 0 amide bonds. The van der Waals surface area contributed by atoms with Gasteiger partial charge in [-0.1, -0.05) is 29.8 Å². The minimum Gasteiger partial charge on any atom is -0.305 e. The van der Waals surface area contributed by atoms with Crippen LogP contribution in [0.2, 0.25) is 0 Å². The van der Waals surface area contributed by atoms with Gasteiger partial charge >= 0.3 is 0 Å². The van der Waals surface area contributed by atoms with E-state index in [1.54, 1.807) is 6.07 Å². The maximum absolute atomic E-state index is 13.4. The second-order valence-corrected chi connectivity index (χ2v) is 3.81. The number of benzene rings is 1. The zero-order valence-corrected chi connectivity index (χ0v) is 9.28. The molecular formula is C11H14ClF2N. The van der Waals surface area contributed by atoms with Crippen molar-refractivity contribution in [1.82, 2.24) is 5.32 Å². The van der Waals surface area contributed by atoms with E-state index in [2.05, 4.69) is 5.32 Å². The van der Waals surface area contributed by atoms with E-state index in [1.165, 1.54) is 0 Å². The lowest BCUT2D eigenvalue weighted by molar-refractivity contribution is -0.0117. The molecule has 1 aromatic carbocycles. The third kappa shape index (κ3) is 2.47. The monoisotopic (exact) mass is 233 g/mol. The summed E-state index contributed by atoms with van der Waals surface area (Å²) in [4.78, 5) is 0. The van der Waals surface area contributed by atoms with Crippen molar-refractivity contribution in [2.24, 2.45) is 0 Å². The third-order valence-electron chi connectivity index (χ3n) is 2.60. The average molecular weight is 234 g/mol. The molecule has 2 rings (SSSR count). The minimum absolute atomic E-state index is 0. The number of alkyl halides is 2. The van der Waals surface area contributed by atoms with Crippen molar-refractivity contribution in [3.63, 3.8) is 0 Å². The Morgan fingerprint density at radius 1 is 1.40 bits per heavy atom. The molecule has 84 valence electrons. The maximum atomic E-state index is 13.4. The molecule has 1 heterocycles. The van der Waals surface area contributed by atoms with Crippen molar-refractivity contribution >= 4 is 12.4 Å². The number of rotatable bonds is 1. The topological polar surface area (TPSA) is 12.0 Å². The molecule has 1 aliphatic rings. The number of hydrogen-bond acceptors (Lipinski definition) is 1. The van der Waals surface area contributed by atoms with Crippen LogP contribution in [-0.4, -0.2) is 12.5 Å². The zero-order chi connectivity index (χ0) is 10.2. The van der Waals surface area contributed by atoms with Crippen molar-refractivity contribution in [3.8, 4) is 0 Å². The Hall–Kier alpha value is -0.670. The summed E-state index contributed by atoms with van der Waals surface area (Å²) in [5, 5.41) is 2.84. The molecule has 1 nitrogen and oxygen atoms in total. The minimum atomic E-state index is -2.60. The first-order chi connectivity index (χ1) is 6.59. The number of hydrogen-bond donors (Lipinski definition) is 1. The first kappa shape index (κ1) is 12.4. The van der Waals surface area contributed by atoms with Gasteiger partial charge in [0.2, 0.25) is 0 Å². The summed E-state index contributed by atoms with van der Waals surface area (Å²) in [6.45, 7) is 2.31. The Morgan fingerprint density at radius 2 is 2.13 bits per heavy atom. The SMILES string of the molecule is Cc1cccc(C2NCCC2(F)F)c1.Cl. The Morgan fingerprint density at radius 3 is 2.67 bits per heavy atom. The second kappa shape index (κ2) is 4.45. The van der Waals surface area contributed by atoms with Crippen molar-refractivity contribution in [2.75, 3.05) is 6.54 Å². The molecule has 4 heteroatoms. The summed E-state index contributed by atoms with van der Waals surface area (Å²) >= 11 is 0. The fourth-order valence-electron chi connectivity index (χ4n) is 1.89. The van der Waals surface area contributed by atoms with E-state index in [0.717, 1.165) is 5.56 Å². The molecular weight excluding hydrogens is 220 g/mol. The van der Waals surface area contributed by atoms with Gasteiger partial charge in [0.05, 0.1) is 6.04 Å². The molecule has 0 saturated carbocycles. The molecule has 1 aliphatic heterocycles. The van der Waals surface area contributed by atoms with Crippen molar-refractivity contribution in [2.45, 2.75) is 25.3 Å². The van der Waals surface area contributed by atoms with Crippen LogP contribution in [0.4, 0.5) is 8.78 Å². The van der Waals surface area contributed by atoms with Gasteiger partial charge in [0, 0.05) is 13.0 Å². The smallest absolute Gasteiger partial charge is 0.268 e. The van der Waals surface area contributed by atoms with E-state index in [4.69, 9.17) is 0 Å². The van der Waals surface area contributed by atoms with Gasteiger partial charge in [-0.2, -0.15) is 0 Å². The van der Waals surface area contributed by atoms with E-state index in [0.29, 0.717) is 12.1 Å². The molecule has 0 spiro atoms. The highest BCUT2D eigenvalue weighted by Gasteiger charge is 2.44. The fourth-order valence-corrected chi connectivity index (χ4v) is 1.89. The first-order valence-electron chi connectivity index (χ1n) is 4.77. The van der Waals surface area contributed by atoms with Crippen LogP contribution in [0.15, 0.2) is 24.3 Å². The fraction of sp³-hybridized carbons (Fsp3) is 0.455. The summed E-state index contributed by atoms with van der Waals surface area (Å²) in [6, 6.07) is 6.50. The third-order valence-corrected chi connectivity index (χ3v) is 2.60. The van der Waals surface area contributed by atoms with Gasteiger partial charge in [-0.15, -0.1) is 12.4 Å². The predicted molar refractivity (Wildman–Crippen MR) is 58.7 cm³/mol. The molecule has 0 aliphatic carbocycles. The van der Waals surface area contributed by atoms with Crippen LogP contribution >= 0.6 is 12.4 Å². The molecule has 1 aromatic rings. The highest BCUT2D eigenvalue weighted by atomic mass is 35.5. The van der Waals surface area contributed by atoms with Crippen molar-refractivity contribution in [1.29, 1.82) is 0 Å². The highest BCUT2D eigenvalue weighted by molar-refractivity contribution is 5.85. The molecule has 1 atom stereocenters. The predicted octanol–water partition coefficient (Wildman–Crippen LogP) is 3.09. The Kier molecular flexibility index (Phi) is 3.68. The lowest BCUT2D eigenvalue weighted by atomic mass is 10.0. The molecule has 0 bridgehead atoms. The first-order valence-corrected chi connectivity index (χ1v) is 4.77. The summed E-state index contributed by atoms with van der Waals surface area (Å²) in [7, 11) is 0. The maximum Gasteiger partial charge on any atom is 0.268 e. The molecule has 0 radical (unpaired) electrons. The van der Waals surface area contributed by atoms with E-state index in [-0.39, 0.29) is 18.8 Å².